The zero-order valence-electron chi connectivity index (χ0n) is 8.03. The van der Waals surface area contributed by atoms with E-state index in [1.807, 2.05) is 0 Å². The van der Waals surface area contributed by atoms with Gasteiger partial charge in [0.2, 0.25) is 0 Å². The van der Waals surface area contributed by atoms with E-state index in [-0.39, 0.29) is 0 Å². The summed E-state index contributed by atoms with van der Waals surface area (Å²) in [6.45, 7) is 4.38. The van der Waals surface area contributed by atoms with Crippen LogP contribution in [0.3, 0.4) is 0 Å². The summed E-state index contributed by atoms with van der Waals surface area (Å²) in [6, 6.07) is 4.43. The molecule has 1 rings (SSSR count). The minimum Gasteiger partial charge on any atom is -0.0651 e. The minimum absolute atomic E-state index is 1.07. The second kappa shape index (κ2) is 5.16. The fourth-order valence-electron chi connectivity index (χ4n) is 1.36. The minimum atomic E-state index is 1.07. The van der Waals surface area contributed by atoms with Crippen LogP contribution >= 0.6 is 31.9 Å². The maximum atomic E-state index is 3.63. The fraction of sp³-hybridized carbons (Fsp3) is 0.455. The number of halogens is 2. The molecule has 0 aliphatic carbocycles. The van der Waals surface area contributed by atoms with Crippen LogP contribution in [-0.4, -0.2) is 0 Å². The molecule has 0 amide bonds. The molecule has 1 aromatic rings. The van der Waals surface area contributed by atoms with E-state index in [4.69, 9.17) is 0 Å². The van der Waals surface area contributed by atoms with Gasteiger partial charge in [0.15, 0.2) is 0 Å². The summed E-state index contributed by atoms with van der Waals surface area (Å²) in [4.78, 5) is 0. The molecular weight excluding hydrogens is 292 g/mol. The third-order valence-corrected chi connectivity index (χ3v) is 4.49. The molecule has 0 aromatic heterocycles. The van der Waals surface area contributed by atoms with Crippen molar-refractivity contribution >= 4 is 31.9 Å². The Balaban J connectivity index is 3.07. The zero-order valence-corrected chi connectivity index (χ0v) is 11.2. The van der Waals surface area contributed by atoms with Gasteiger partial charge < -0.3 is 0 Å². The van der Waals surface area contributed by atoms with Crippen molar-refractivity contribution in [1.29, 1.82) is 0 Å². The maximum Gasteiger partial charge on any atom is 0.0352 e. The number of rotatable bonds is 3. The first kappa shape index (κ1) is 11.3. The molecular formula is C11H14Br2. The summed E-state index contributed by atoms with van der Waals surface area (Å²) < 4.78 is 2.45. The summed E-state index contributed by atoms with van der Waals surface area (Å²) in [6.07, 6.45) is 3.41. The number of hydrogen-bond donors (Lipinski definition) is 0. The van der Waals surface area contributed by atoms with E-state index in [1.54, 1.807) is 0 Å². The van der Waals surface area contributed by atoms with Crippen LogP contribution in [0.1, 0.15) is 31.4 Å². The van der Waals surface area contributed by atoms with Crippen molar-refractivity contribution in [3.05, 3.63) is 32.2 Å². The van der Waals surface area contributed by atoms with Gasteiger partial charge in [0.05, 0.1) is 0 Å². The van der Waals surface area contributed by atoms with Crippen molar-refractivity contribution in [2.75, 3.05) is 0 Å². The van der Waals surface area contributed by atoms with Gasteiger partial charge in [-0.1, -0.05) is 32.4 Å². The van der Waals surface area contributed by atoms with Gasteiger partial charge in [-0.2, -0.15) is 0 Å². The third kappa shape index (κ3) is 2.57. The smallest absolute Gasteiger partial charge is 0.0352 e. The lowest BCUT2D eigenvalue weighted by Gasteiger charge is -2.08. The standard InChI is InChI=1S/C11H14Br2/c1-3-5-9-7-6-8(4-2)10(12)11(9)13/h6-7H,3-5H2,1-2H3. The Hall–Kier alpha value is 0.180. The first-order chi connectivity index (χ1) is 6.20. The molecule has 0 spiro atoms. The lowest BCUT2D eigenvalue weighted by molar-refractivity contribution is 0.912. The van der Waals surface area contributed by atoms with Crippen molar-refractivity contribution in [2.24, 2.45) is 0 Å². The lowest BCUT2D eigenvalue weighted by Crippen LogP contribution is -1.90. The Morgan fingerprint density at radius 2 is 1.54 bits per heavy atom. The molecule has 0 heterocycles. The van der Waals surface area contributed by atoms with Crippen LogP contribution < -0.4 is 0 Å². The molecule has 72 valence electrons. The molecule has 0 atom stereocenters. The summed E-state index contributed by atoms with van der Waals surface area (Å²) in [5.41, 5.74) is 2.76. The monoisotopic (exact) mass is 304 g/mol. The molecule has 0 nitrogen and oxygen atoms in total. The van der Waals surface area contributed by atoms with E-state index in [2.05, 4.69) is 57.8 Å². The summed E-state index contributed by atoms with van der Waals surface area (Å²) >= 11 is 7.24. The van der Waals surface area contributed by atoms with Gasteiger partial charge in [-0.3, -0.25) is 0 Å². The number of aryl methyl sites for hydroxylation is 2. The molecule has 13 heavy (non-hydrogen) atoms. The van der Waals surface area contributed by atoms with Gasteiger partial charge in [-0.25, -0.2) is 0 Å². The van der Waals surface area contributed by atoms with Crippen LogP contribution in [0.25, 0.3) is 0 Å². The number of hydrogen-bond acceptors (Lipinski definition) is 0. The van der Waals surface area contributed by atoms with E-state index in [1.165, 1.54) is 26.5 Å². The average Bonchev–Trinajstić information content (AvgIpc) is 2.14. The van der Waals surface area contributed by atoms with Gasteiger partial charge in [-0.15, -0.1) is 0 Å². The van der Waals surface area contributed by atoms with Crippen LogP contribution in [0, 0.1) is 0 Å². The number of benzene rings is 1. The molecule has 0 fully saturated rings. The van der Waals surface area contributed by atoms with Crippen molar-refractivity contribution in [3.8, 4) is 0 Å². The highest BCUT2D eigenvalue weighted by Gasteiger charge is 2.06. The summed E-state index contributed by atoms with van der Waals surface area (Å²) in [5.74, 6) is 0. The summed E-state index contributed by atoms with van der Waals surface area (Å²) in [7, 11) is 0. The normalized spacial score (nSPS) is 10.5. The SMILES string of the molecule is CCCc1ccc(CC)c(Br)c1Br. The van der Waals surface area contributed by atoms with Gasteiger partial charge in [0, 0.05) is 8.95 Å². The van der Waals surface area contributed by atoms with Gasteiger partial charge in [0.1, 0.15) is 0 Å². The van der Waals surface area contributed by atoms with Crippen molar-refractivity contribution in [2.45, 2.75) is 33.1 Å². The van der Waals surface area contributed by atoms with Gasteiger partial charge in [0.25, 0.3) is 0 Å². The molecule has 0 aliphatic rings. The molecule has 0 saturated heterocycles. The zero-order chi connectivity index (χ0) is 9.84. The van der Waals surface area contributed by atoms with Crippen molar-refractivity contribution in [1.82, 2.24) is 0 Å². The van der Waals surface area contributed by atoms with Crippen LogP contribution in [0.5, 0.6) is 0 Å². The molecule has 2 heteroatoms. The van der Waals surface area contributed by atoms with E-state index in [0.717, 1.165) is 12.8 Å². The van der Waals surface area contributed by atoms with Crippen LogP contribution in [0.15, 0.2) is 21.1 Å². The van der Waals surface area contributed by atoms with E-state index in [0.29, 0.717) is 0 Å². The van der Waals surface area contributed by atoms with Crippen LogP contribution in [-0.2, 0) is 12.8 Å². The lowest BCUT2D eigenvalue weighted by atomic mass is 10.1. The second-order valence-electron chi connectivity index (χ2n) is 3.12. The van der Waals surface area contributed by atoms with Crippen molar-refractivity contribution < 1.29 is 0 Å². The maximum absolute atomic E-state index is 3.63. The fourth-order valence-corrected chi connectivity index (χ4v) is 2.62. The Morgan fingerprint density at radius 3 is 2.08 bits per heavy atom. The topological polar surface area (TPSA) is 0 Å². The Morgan fingerprint density at radius 1 is 1.00 bits per heavy atom. The van der Waals surface area contributed by atoms with E-state index >= 15 is 0 Å². The predicted molar refractivity (Wildman–Crippen MR) is 65.2 cm³/mol. The Bertz CT molecular complexity index is 292. The van der Waals surface area contributed by atoms with Crippen molar-refractivity contribution in [3.63, 3.8) is 0 Å². The highest BCUT2D eigenvalue weighted by molar-refractivity contribution is 9.13. The molecule has 0 aliphatic heterocycles. The first-order valence-electron chi connectivity index (χ1n) is 4.66. The first-order valence-corrected chi connectivity index (χ1v) is 6.25. The van der Waals surface area contributed by atoms with E-state index in [9.17, 15) is 0 Å². The predicted octanol–water partition coefficient (Wildman–Crippen LogP) is 4.73. The van der Waals surface area contributed by atoms with Gasteiger partial charge >= 0.3 is 0 Å². The van der Waals surface area contributed by atoms with E-state index < -0.39 is 0 Å². The summed E-state index contributed by atoms with van der Waals surface area (Å²) in [5, 5.41) is 0. The third-order valence-electron chi connectivity index (χ3n) is 2.14. The second-order valence-corrected chi connectivity index (χ2v) is 4.70. The largest absolute Gasteiger partial charge is 0.0651 e. The Kier molecular flexibility index (Phi) is 4.47. The molecule has 0 unspecified atom stereocenters. The highest BCUT2D eigenvalue weighted by Crippen LogP contribution is 2.31. The Labute approximate surface area is 97.0 Å². The average molecular weight is 306 g/mol. The molecule has 0 N–H and O–H groups in total. The van der Waals surface area contributed by atoms with Crippen LogP contribution in [0.4, 0.5) is 0 Å². The molecule has 0 radical (unpaired) electrons. The molecule has 1 aromatic carbocycles. The molecule has 0 saturated carbocycles. The van der Waals surface area contributed by atoms with Crippen LogP contribution in [0.2, 0.25) is 0 Å². The quantitative estimate of drug-likeness (QED) is 0.757. The highest BCUT2D eigenvalue weighted by atomic mass is 79.9. The van der Waals surface area contributed by atoms with Gasteiger partial charge in [-0.05, 0) is 55.8 Å². The molecule has 0 bridgehead atoms.